The van der Waals surface area contributed by atoms with E-state index in [-0.39, 0.29) is 22.3 Å². The number of amides is 3. The maximum absolute atomic E-state index is 13.0. The van der Waals surface area contributed by atoms with E-state index in [2.05, 4.69) is 20.6 Å². The van der Waals surface area contributed by atoms with Gasteiger partial charge in [-0.25, -0.2) is 14.8 Å². The Labute approximate surface area is 152 Å². The molecule has 0 saturated carbocycles. The second-order valence-corrected chi connectivity index (χ2v) is 6.45. The van der Waals surface area contributed by atoms with E-state index in [9.17, 15) is 22.8 Å². The fraction of sp³-hybridized carbons (Fsp3) is 0.375. The summed E-state index contributed by atoms with van der Waals surface area (Å²) in [7, 11) is 0. The summed E-state index contributed by atoms with van der Waals surface area (Å²) in [5.41, 5.74) is 0.132. The number of urea groups is 1. The van der Waals surface area contributed by atoms with Crippen LogP contribution in [-0.2, 0) is 11.0 Å². The fourth-order valence-corrected chi connectivity index (χ4v) is 2.76. The van der Waals surface area contributed by atoms with Crippen molar-refractivity contribution in [3.8, 4) is 0 Å². The first kappa shape index (κ1) is 20.0. The van der Waals surface area contributed by atoms with Gasteiger partial charge in [0.15, 0.2) is 0 Å². The molecule has 26 heavy (non-hydrogen) atoms. The number of fused-ring (bicyclic) bond motifs is 1. The molecule has 0 aliphatic heterocycles. The van der Waals surface area contributed by atoms with Crippen LogP contribution in [0, 0.1) is 0 Å². The first-order valence-corrected chi connectivity index (χ1v) is 8.76. The van der Waals surface area contributed by atoms with E-state index in [1.165, 1.54) is 6.07 Å². The Morgan fingerprint density at radius 2 is 1.92 bits per heavy atom. The average Bonchev–Trinajstić information content (AvgIpc) is 2.58. The average molecular weight is 386 g/mol. The van der Waals surface area contributed by atoms with E-state index in [4.69, 9.17) is 0 Å². The van der Waals surface area contributed by atoms with Crippen LogP contribution in [0.5, 0.6) is 0 Å². The summed E-state index contributed by atoms with van der Waals surface area (Å²) in [5.74, 6) is -2.16. The van der Waals surface area contributed by atoms with Gasteiger partial charge < -0.3 is 5.32 Å². The molecule has 1 atom stereocenters. The lowest BCUT2D eigenvalue weighted by molar-refractivity contribution is -0.145. The third-order valence-corrected chi connectivity index (χ3v) is 4.40. The maximum Gasteiger partial charge on any atom is 0.451 e. The predicted molar refractivity (Wildman–Crippen MR) is 91.7 cm³/mol. The Hall–Kier alpha value is -2.36. The molecule has 140 valence electrons. The van der Waals surface area contributed by atoms with Crippen LogP contribution >= 0.6 is 11.8 Å². The number of carbonyl (C=O) groups excluding carboxylic acids is 2. The number of rotatable bonds is 5. The molecule has 0 spiro atoms. The van der Waals surface area contributed by atoms with Crippen LogP contribution in [0.25, 0.3) is 10.9 Å². The maximum atomic E-state index is 13.0. The Morgan fingerprint density at radius 3 is 2.58 bits per heavy atom. The van der Waals surface area contributed by atoms with Gasteiger partial charge in [-0.15, -0.1) is 0 Å². The number of hydrogen-bond donors (Lipinski definition) is 2. The molecular formula is C16H17F3N4O2S. The summed E-state index contributed by atoms with van der Waals surface area (Å²) < 4.78 is 38.9. The molecule has 0 bridgehead atoms. The highest BCUT2D eigenvalue weighted by atomic mass is 32.2. The molecule has 2 N–H and O–H groups in total. The Kier molecular flexibility index (Phi) is 6.41. The summed E-state index contributed by atoms with van der Waals surface area (Å²) in [6, 6.07) is 5.48. The normalized spacial score (nSPS) is 12.7. The molecule has 0 unspecified atom stereocenters. The van der Waals surface area contributed by atoms with Gasteiger partial charge in [-0.3, -0.25) is 10.1 Å². The zero-order valence-corrected chi connectivity index (χ0v) is 14.9. The summed E-state index contributed by atoms with van der Waals surface area (Å²) in [4.78, 5) is 30.5. The number of halogens is 3. The van der Waals surface area contributed by atoms with Gasteiger partial charge in [-0.05, 0) is 19.4 Å². The number of thioether (sulfide) groups is 1. The molecule has 1 aromatic carbocycles. The number of aromatic nitrogens is 2. The van der Waals surface area contributed by atoms with Crippen LogP contribution in [0.4, 0.5) is 18.0 Å². The molecule has 1 aromatic heterocycles. The Balaban J connectivity index is 2.12. The van der Waals surface area contributed by atoms with Gasteiger partial charge in [-0.1, -0.05) is 36.9 Å². The molecule has 0 fully saturated rings. The van der Waals surface area contributed by atoms with Gasteiger partial charge in [0.1, 0.15) is 5.03 Å². The number of benzene rings is 1. The van der Waals surface area contributed by atoms with Gasteiger partial charge in [0.05, 0.1) is 11.3 Å². The molecule has 0 saturated heterocycles. The molecule has 2 rings (SSSR count). The van der Waals surface area contributed by atoms with Crippen LogP contribution in [0.3, 0.4) is 0 Å². The third kappa shape index (κ3) is 5.32. The van der Waals surface area contributed by atoms with E-state index in [1.54, 1.807) is 25.1 Å². The zero-order valence-electron chi connectivity index (χ0n) is 14.1. The van der Waals surface area contributed by atoms with Crippen LogP contribution < -0.4 is 10.6 Å². The van der Waals surface area contributed by atoms with Gasteiger partial charge in [-0.2, -0.15) is 13.2 Å². The number of alkyl halides is 3. The molecule has 1 heterocycles. The van der Waals surface area contributed by atoms with Gasteiger partial charge in [0.2, 0.25) is 11.7 Å². The van der Waals surface area contributed by atoms with Crippen LogP contribution in [0.1, 0.15) is 26.1 Å². The van der Waals surface area contributed by atoms with Gasteiger partial charge >= 0.3 is 12.2 Å². The largest absolute Gasteiger partial charge is 0.451 e. The van der Waals surface area contributed by atoms with Crippen molar-refractivity contribution in [2.45, 2.75) is 37.5 Å². The molecule has 10 heteroatoms. The van der Waals surface area contributed by atoms with Crippen LogP contribution in [0.2, 0.25) is 0 Å². The Bertz CT molecular complexity index is 814. The van der Waals surface area contributed by atoms with E-state index in [1.807, 2.05) is 6.92 Å². The molecule has 0 aliphatic rings. The van der Waals surface area contributed by atoms with Crippen molar-refractivity contribution in [2.24, 2.45) is 0 Å². The first-order chi connectivity index (χ1) is 12.2. The lowest BCUT2D eigenvalue weighted by Gasteiger charge is -2.12. The van der Waals surface area contributed by atoms with E-state index in [0.717, 1.165) is 11.8 Å². The van der Waals surface area contributed by atoms with E-state index < -0.39 is 23.9 Å². The van der Waals surface area contributed by atoms with Crippen molar-refractivity contribution in [1.82, 2.24) is 20.6 Å². The van der Waals surface area contributed by atoms with Crippen molar-refractivity contribution in [3.05, 3.63) is 30.1 Å². The van der Waals surface area contributed by atoms with Crippen LogP contribution in [0.15, 0.2) is 29.3 Å². The van der Waals surface area contributed by atoms with Crippen molar-refractivity contribution in [3.63, 3.8) is 0 Å². The second kappa shape index (κ2) is 8.35. The third-order valence-electron chi connectivity index (χ3n) is 3.40. The number of nitrogens with one attached hydrogen (secondary N) is 2. The van der Waals surface area contributed by atoms with Crippen molar-refractivity contribution >= 4 is 34.6 Å². The smallest absolute Gasteiger partial charge is 0.335 e. The summed E-state index contributed by atoms with van der Waals surface area (Å²) in [5, 5.41) is 5.13. The monoisotopic (exact) mass is 386 g/mol. The van der Waals surface area contributed by atoms with Crippen LogP contribution in [-0.4, -0.2) is 33.7 Å². The van der Waals surface area contributed by atoms with E-state index >= 15 is 0 Å². The highest BCUT2D eigenvalue weighted by Crippen LogP contribution is 2.31. The topological polar surface area (TPSA) is 84.0 Å². The minimum atomic E-state index is -4.70. The minimum absolute atomic E-state index is 0.0282. The molecule has 6 nitrogen and oxygen atoms in total. The standard InChI is InChI=1S/C16H17F3N4O2S/c1-3-9(2)20-15(25)22-12(24)8-26-13-10-6-4-5-7-11(10)21-14(23-13)16(17,18)19/h4-7,9H,3,8H2,1-2H3,(H2,20,22,24,25)/t9-/m1/s1. The zero-order chi connectivity index (χ0) is 19.3. The van der Waals surface area contributed by atoms with Crippen molar-refractivity contribution in [1.29, 1.82) is 0 Å². The highest BCUT2D eigenvalue weighted by Gasteiger charge is 2.35. The van der Waals surface area contributed by atoms with Gasteiger partial charge in [0.25, 0.3) is 0 Å². The highest BCUT2D eigenvalue weighted by molar-refractivity contribution is 8.00. The Morgan fingerprint density at radius 1 is 1.23 bits per heavy atom. The first-order valence-electron chi connectivity index (χ1n) is 7.77. The summed E-state index contributed by atoms with van der Waals surface area (Å²) in [6.45, 7) is 3.66. The quantitative estimate of drug-likeness (QED) is 0.608. The summed E-state index contributed by atoms with van der Waals surface area (Å²) in [6.07, 6.45) is -4.00. The molecule has 0 aliphatic carbocycles. The fourth-order valence-electron chi connectivity index (χ4n) is 1.94. The van der Waals surface area contributed by atoms with E-state index in [0.29, 0.717) is 11.8 Å². The van der Waals surface area contributed by atoms with Crippen molar-refractivity contribution in [2.75, 3.05) is 5.75 Å². The number of carbonyl (C=O) groups is 2. The van der Waals surface area contributed by atoms with Crippen molar-refractivity contribution < 1.29 is 22.8 Å². The molecule has 3 amide bonds. The predicted octanol–water partition coefficient (Wildman–Crippen LogP) is 3.37. The molecular weight excluding hydrogens is 369 g/mol. The number of para-hydroxylation sites is 1. The summed E-state index contributed by atoms with van der Waals surface area (Å²) >= 11 is 0.812. The lowest BCUT2D eigenvalue weighted by Crippen LogP contribution is -2.43. The van der Waals surface area contributed by atoms with Gasteiger partial charge in [0, 0.05) is 11.4 Å². The number of imide groups is 1. The molecule has 0 radical (unpaired) electrons. The molecule has 2 aromatic rings. The lowest BCUT2D eigenvalue weighted by atomic mass is 10.2. The second-order valence-electron chi connectivity index (χ2n) is 5.49. The SMILES string of the molecule is CC[C@@H](C)NC(=O)NC(=O)CSc1nc(C(F)(F)F)nc2ccccc12. The number of nitrogens with zero attached hydrogens (tertiary/aromatic N) is 2. The number of hydrogen-bond acceptors (Lipinski definition) is 5. The minimum Gasteiger partial charge on any atom is -0.335 e.